The molecule has 1 aromatic carbocycles. The average molecular weight is 351 g/mol. The summed E-state index contributed by atoms with van der Waals surface area (Å²) in [5.74, 6) is -1.67. The molecule has 2 N–H and O–H groups in total. The molecule has 0 spiro atoms. The first-order valence-corrected chi connectivity index (χ1v) is 7.76. The molecule has 9 heteroatoms. The molecule has 9 nitrogen and oxygen atoms in total. The number of nitrogens with one attached hydrogen (secondary N) is 1. The fraction of sp³-hybridized carbons (Fsp3) is 0.438. The number of carbonyl (C=O) groups excluding carboxylic acids is 2. The number of nitro groups is 1. The fourth-order valence-corrected chi connectivity index (χ4v) is 2.15. The molecular weight excluding hydrogens is 330 g/mol. The van der Waals surface area contributed by atoms with Crippen molar-refractivity contribution in [2.45, 2.75) is 32.7 Å². The van der Waals surface area contributed by atoms with Crippen molar-refractivity contribution in [3.63, 3.8) is 0 Å². The molecular formula is C16H21N3O6. The molecule has 0 aromatic heterocycles. The second kappa shape index (κ2) is 9.36. The van der Waals surface area contributed by atoms with Crippen LogP contribution in [0.3, 0.4) is 0 Å². The minimum Gasteiger partial charge on any atom is -0.481 e. The number of rotatable bonds is 9. The van der Waals surface area contributed by atoms with Gasteiger partial charge in [0.2, 0.25) is 5.91 Å². The maximum atomic E-state index is 12.1. The van der Waals surface area contributed by atoms with E-state index in [-0.39, 0.29) is 49.1 Å². The van der Waals surface area contributed by atoms with Crippen molar-refractivity contribution >= 4 is 23.5 Å². The Labute approximate surface area is 144 Å². The second-order valence-corrected chi connectivity index (χ2v) is 5.63. The maximum absolute atomic E-state index is 12.1. The molecule has 25 heavy (non-hydrogen) atoms. The van der Waals surface area contributed by atoms with Crippen LogP contribution in [0.15, 0.2) is 24.3 Å². The third kappa shape index (κ3) is 6.58. The zero-order valence-corrected chi connectivity index (χ0v) is 14.1. The summed E-state index contributed by atoms with van der Waals surface area (Å²) in [6, 6.07) is 4.99. The van der Waals surface area contributed by atoms with E-state index in [1.807, 2.05) is 0 Å². The SMILES string of the molecule is CC(C)N(CCC(=O)O)C(=O)CCNC(=O)c1ccc([N+](=O)[O-])cc1. The molecule has 0 saturated heterocycles. The zero-order valence-electron chi connectivity index (χ0n) is 14.1. The molecule has 0 aliphatic rings. The molecule has 0 unspecified atom stereocenters. The summed E-state index contributed by atoms with van der Waals surface area (Å²) in [4.78, 5) is 46.2. The van der Waals surface area contributed by atoms with Gasteiger partial charge in [0.15, 0.2) is 0 Å². The molecule has 0 radical (unpaired) electrons. The van der Waals surface area contributed by atoms with Crippen LogP contribution in [-0.4, -0.2) is 51.8 Å². The van der Waals surface area contributed by atoms with Gasteiger partial charge in [-0.05, 0) is 26.0 Å². The third-order valence-electron chi connectivity index (χ3n) is 3.47. The summed E-state index contributed by atoms with van der Waals surface area (Å²) in [6.45, 7) is 3.78. The quantitative estimate of drug-likeness (QED) is 0.511. The Morgan fingerprint density at radius 1 is 1.20 bits per heavy atom. The second-order valence-electron chi connectivity index (χ2n) is 5.63. The predicted molar refractivity (Wildman–Crippen MR) is 89.1 cm³/mol. The lowest BCUT2D eigenvalue weighted by molar-refractivity contribution is -0.384. The van der Waals surface area contributed by atoms with Crippen LogP contribution in [0.25, 0.3) is 0 Å². The topological polar surface area (TPSA) is 130 Å². The van der Waals surface area contributed by atoms with Gasteiger partial charge in [0, 0.05) is 43.2 Å². The van der Waals surface area contributed by atoms with E-state index in [2.05, 4.69) is 5.32 Å². The van der Waals surface area contributed by atoms with Gasteiger partial charge in [-0.25, -0.2) is 0 Å². The first kappa shape index (κ1) is 20.1. The van der Waals surface area contributed by atoms with Crippen LogP contribution in [0.5, 0.6) is 0 Å². The first-order chi connectivity index (χ1) is 11.7. The molecule has 136 valence electrons. The highest BCUT2D eigenvalue weighted by atomic mass is 16.6. The third-order valence-corrected chi connectivity index (χ3v) is 3.47. The number of carboxylic acid groups (broad SMARTS) is 1. The largest absolute Gasteiger partial charge is 0.481 e. The molecule has 0 heterocycles. The van der Waals surface area contributed by atoms with E-state index in [0.717, 1.165) is 0 Å². The number of nitrogens with zero attached hydrogens (tertiary/aromatic N) is 2. The summed E-state index contributed by atoms with van der Waals surface area (Å²) >= 11 is 0. The van der Waals surface area contributed by atoms with Gasteiger partial charge in [-0.15, -0.1) is 0 Å². The zero-order chi connectivity index (χ0) is 19.0. The van der Waals surface area contributed by atoms with Crippen LogP contribution in [0.4, 0.5) is 5.69 Å². The van der Waals surface area contributed by atoms with E-state index >= 15 is 0 Å². The van der Waals surface area contributed by atoms with E-state index in [1.54, 1.807) is 13.8 Å². The highest BCUT2D eigenvalue weighted by molar-refractivity contribution is 5.94. The van der Waals surface area contributed by atoms with Gasteiger partial charge >= 0.3 is 5.97 Å². The minimum absolute atomic E-state index is 0.0382. The number of hydrogen-bond acceptors (Lipinski definition) is 5. The van der Waals surface area contributed by atoms with Gasteiger partial charge in [0.25, 0.3) is 11.6 Å². The highest BCUT2D eigenvalue weighted by Crippen LogP contribution is 2.11. The lowest BCUT2D eigenvalue weighted by Crippen LogP contribution is -2.40. The minimum atomic E-state index is -0.982. The van der Waals surface area contributed by atoms with Gasteiger partial charge in [-0.1, -0.05) is 0 Å². The summed E-state index contributed by atoms with van der Waals surface area (Å²) < 4.78 is 0. The number of hydrogen-bond donors (Lipinski definition) is 2. The van der Waals surface area contributed by atoms with Gasteiger partial charge in [-0.3, -0.25) is 24.5 Å². The van der Waals surface area contributed by atoms with Crippen LogP contribution < -0.4 is 5.32 Å². The molecule has 0 saturated carbocycles. The van der Waals surface area contributed by atoms with Crippen LogP contribution in [-0.2, 0) is 9.59 Å². The monoisotopic (exact) mass is 351 g/mol. The van der Waals surface area contributed by atoms with Gasteiger partial charge < -0.3 is 15.3 Å². The Balaban J connectivity index is 2.51. The smallest absolute Gasteiger partial charge is 0.305 e. The first-order valence-electron chi connectivity index (χ1n) is 7.76. The van der Waals surface area contributed by atoms with Crippen molar-refractivity contribution in [3.8, 4) is 0 Å². The molecule has 0 atom stereocenters. The lowest BCUT2D eigenvalue weighted by Gasteiger charge is -2.26. The van der Waals surface area contributed by atoms with E-state index < -0.39 is 16.8 Å². The number of nitro benzene ring substituents is 1. The van der Waals surface area contributed by atoms with Crippen LogP contribution >= 0.6 is 0 Å². The number of benzene rings is 1. The Morgan fingerprint density at radius 3 is 2.28 bits per heavy atom. The lowest BCUT2D eigenvalue weighted by atomic mass is 10.2. The van der Waals surface area contributed by atoms with Crippen molar-refractivity contribution in [1.82, 2.24) is 10.2 Å². The van der Waals surface area contributed by atoms with E-state index in [1.165, 1.54) is 29.2 Å². The van der Waals surface area contributed by atoms with E-state index in [9.17, 15) is 24.5 Å². The van der Waals surface area contributed by atoms with Gasteiger partial charge in [-0.2, -0.15) is 0 Å². The number of amides is 2. The summed E-state index contributed by atoms with van der Waals surface area (Å²) in [6.07, 6.45) is -0.102. The molecule has 0 fully saturated rings. The molecule has 0 bridgehead atoms. The van der Waals surface area contributed by atoms with E-state index in [0.29, 0.717) is 0 Å². The van der Waals surface area contributed by atoms with Crippen LogP contribution in [0, 0.1) is 10.1 Å². The normalized spacial score (nSPS) is 10.4. The fourth-order valence-electron chi connectivity index (χ4n) is 2.15. The van der Waals surface area contributed by atoms with Crippen molar-refractivity contribution in [1.29, 1.82) is 0 Å². The Morgan fingerprint density at radius 2 is 1.80 bits per heavy atom. The van der Waals surface area contributed by atoms with Gasteiger partial charge in [0.05, 0.1) is 11.3 Å². The predicted octanol–water partition coefficient (Wildman–Crippen LogP) is 1.43. The summed E-state index contributed by atoms with van der Waals surface area (Å²) in [5, 5.41) is 21.9. The molecule has 1 aromatic rings. The maximum Gasteiger partial charge on any atom is 0.305 e. The molecule has 1 rings (SSSR count). The number of non-ortho nitro benzene ring substituents is 1. The Kier molecular flexibility index (Phi) is 7.51. The van der Waals surface area contributed by atoms with Crippen molar-refractivity contribution in [2.75, 3.05) is 13.1 Å². The summed E-state index contributed by atoms with van der Waals surface area (Å²) in [5.41, 5.74) is 0.141. The average Bonchev–Trinajstić information content (AvgIpc) is 2.54. The van der Waals surface area contributed by atoms with Crippen molar-refractivity contribution in [3.05, 3.63) is 39.9 Å². The van der Waals surface area contributed by atoms with Crippen LogP contribution in [0.2, 0.25) is 0 Å². The highest BCUT2D eigenvalue weighted by Gasteiger charge is 2.18. The van der Waals surface area contributed by atoms with Crippen molar-refractivity contribution < 1.29 is 24.4 Å². The summed E-state index contributed by atoms with van der Waals surface area (Å²) in [7, 11) is 0. The Bertz CT molecular complexity index is 642. The van der Waals surface area contributed by atoms with Crippen LogP contribution in [0.1, 0.15) is 37.0 Å². The molecule has 0 aliphatic carbocycles. The van der Waals surface area contributed by atoms with Crippen molar-refractivity contribution in [2.24, 2.45) is 0 Å². The number of aliphatic carboxylic acids is 1. The number of carboxylic acids is 1. The van der Waals surface area contributed by atoms with E-state index in [4.69, 9.17) is 5.11 Å². The van der Waals surface area contributed by atoms with Gasteiger partial charge in [0.1, 0.15) is 0 Å². The standard InChI is InChI=1S/C16H21N3O6/c1-11(2)18(10-8-15(21)22)14(20)7-9-17-16(23)12-3-5-13(6-4-12)19(24)25/h3-6,11H,7-10H2,1-2H3,(H,17,23)(H,21,22). The number of carbonyl (C=O) groups is 3. The Hall–Kier alpha value is -2.97. The molecule has 0 aliphatic heterocycles. The molecule has 2 amide bonds.